The van der Waals surface area contributed by atoms with E-state index in [0.717, 1.165) is 12.5 Å². The van der Waals surface area contributed by atoms with Crippen LogP contribution in [0.15, 0.2) is 16.6 Å². The van der Waals surface area contributed by atoms with E-state index in [4.69, 9.17) is 0 Å². The van der Waals surface area contributed by atoms with Gasteiger partial charge in [-0.15, -0.1) is 0 Å². The standard InChI is InChI=1S/C11H13BrF2N2O/c1-2-3-15-11(17)6-16-10-4-7(12)8(13)5-9(10)14/h4-5,16H,2-3,6H2,1H3,(H,15,17). The molecule has 1 amide bonds. The van der Waals surface area contributed by atoms with Gasteiger partial charge in [-0.25, -0.2) is 8.78 Å². The summed E-state index contributed by atoms with van der Waals surface area (Å²) < 4.78 is 26.4. The Morgan fingerprint density at radius 1 is 1.35 bits per heavy atom. The highest BCUT2D eigenvalue weighted by molar-refractivity contribution is 9.10. The smallest absolute Gasteiger partial charge is 0.239 e. The van der Waals surface area contributed by atoms with Gasteiger partial charge in [0.2, 0.25) is 5.91 Å². The quantitative estimate of drug-likeness (QED) is 0.821. The summed E-state index contributed by atoms with van der Waals surface area (Å²) in [6.45, 7) is 2.47. The summed E-state index contributed by atoms with van der Waals surface area (Å²) in [4.78, 5) is 11.3. The summed E-state index contributed by atoms with van der Waals surface area (Å²) >= 11 is 2.95. The van der Waals surface area contributed by atoms with Crippen LogP contribution in [0, 0.1) is 11.6 Å². The molecule has 0 radical (unpaired) electrons. The average Bonchev–Trinajstić information content (AvgIpc) is 2.29. The second-order valence-corrected chi connectivity index (χ2v) is 4.30. The molecule has 0 fully saturated rings. The Morgan fingerprint density at radius 3 is 2.71 bits per heavy atom. The summed E-state index contributed by atoms with van der Waals surface area (Å²) in [7, 11) is 0. The predicted octanol–water partition coefficient (Wildman–Crippen LogP) is 2.67. The first-order valence-electron chi connectivity index (χ1n) is 5.19. The second kappa shape index (κ2) is 6.54. The Kier molecular flexibility index (Phi) is 5.34. The number of hydrogen-bond acceptors (Lipinski definition) is 2. The third kappa shape index (κ3) is 4.30. The number of anilines is 1. The third-order valence-electron chi connectivity index (χ3n) is 2.02. The van der Waals surface area contributed by atoms with Crippen molar-refractivity contribution in [3.8, 4) is 0 Å². The summed E-state index contributed by atoms with van der Waals surface area (Å²) in [5.41, 5.74) is 0.0879. The fourth-order valence-electron chi connectivity index (χ4n) is 1.16. The van der Waals surface area contributed by atoms with Crippen LogP contribution in [0.4, 0.5) is 14.5 Å². The monoisotopic (exact) mass is 306 g/mol. The van der Waals surface area contributed by atoms with Crippen LogP contribution >= 0.6 is 15.9 Å². The maximum absolute atomic E-state index is 13.3. The van der Waals surface area contributed by atoms with E-state index in [1.807, 2.05) is 6.92 Å². The molecule has 0 spiro atoms. The van der Waals surface area contributed by atoms with E-state index in [1.54, 1.807) is 0 Å². The normalized spacial score (nSPS) is 10.1. The van der Waals surface area contributed by atoms with E-state index >= 15 is 0 Å². The topological polar surface area (TPSA) is 41.1 Å². The zero-order valence-corrected chi connectivity index (χ0v) is 10.9. The van der Waals surface area contributed by atoms with Gasteiger partial charge in [-0.3, -0.25) is 4.79 Å². The highest BCUT2D eigenvalue weighted by atomic mass is 79.9. The fraction of sp³-hybridized carbons (Fsp3) is 0.364. The Bertz CT molecular complexity index is 413. The van der Waals surface area contributed by atoms with E-state index < -0.39 is 11.6 Å². The van der Waals surface area contributed by atoms with Gasteiger partial charge < -0.3 is 10.6 Å². The number of nitrogens with one attached hydrogen (secondary N) is 2. The van der Waals surface area contributed by atoms with E-state index in [9.17, 15) is 13.6 Å². The number of benzene rings is 1. The van der Waals surface area contributed by atoms with Crippen LogP contribution in [-0.2, 0) is 4.79 Å². The van der Waals surface area contributed by atoms with Gasteiger partial charge in [0.15, 0.2) is 0 Å². The van der Waals surface area contributed by atoms with Gasteiger partial charge in [0.05, 0.1) is 16.7 Å². The van der Waals surface area contributed by atoms with Crippen LogP contribution < -0.4 is 10.6 Å². The molecule has 0 heterocycles. The largest absolute Gasteiger partial charge is 0.374 e. The molecule has 1 rings (SSSR count). The van der Waals surface area contributed by atoms with Crippen LogP contribution in [0.5, 0.6) is 0 Å². The van der Waals surface area contributed by atoms with Crippen molar-refractivity contribution in [2.24, 2.45) is 0 Å². The highest BCUT2D eigenvalue weighted by Gasteiger charge is 2.09. The summed E-state index contributed by atoms with van der Waals surface area (Å²) in [5.74, 6) is -1.64. The van der Waals surface area contributed by atoms with Crippen molar-refractivity contribution in [3.05, 3.63) is 28.2 Å². The molecule has 1 aromatic rings. The summed E-state index contributed by atoms with van der Waals surface area (Å²) in [5, 5.41) is 5.24. The summed E-state index contributed by atoms with van der Waals surface area (Å²) in [6.07, 6.45) is 0.836. The zero-order chi connectivity index (χ0) is 12.8. The average molecular weight is 307 g/mol. The molecule has 0 saturated carbocycles. The van der Waals surface area contributed by atoms with Crippen molar-refractivity contribution < 1.29 is 13.6 Å². The number of hydrogen-bond donors (Lipinski definition) is 2. The fourth-order valence-corrected chi connectivity index (χ4v) is 1.50. The number of carbonyl (C=O) groups is 1. The molecule has 2 N–H and O–H groups in total. The predicted molar refractivity (Wildman–Crippen MR) is 65.8 cm³/mol. The molecule has 0 atom stereocenters. The van der Waals surface area contributed by atoms with Crippen LogP contribution in [0.1, 0.15) is 13.3 Å². The minimum absolute atomic E-state index is 0.0466. The van der Waals surface area contributed by atoms with Gasteiger partial charge in [0.25, 0.3) is 0 Å². The Balaban J connectivity index is 2.57. The van der Waals surface area contributed by atoms with Crippen molar-refractivity contribution in [2.75, 3.05) is 18.4 Å². The SMILES string of the molecule is CCCNC(=O)CNc1cc(Br)c(F)cc1F. The van der Waals surface area contributed by atoms with E-state index in [2.05, 4.69) is 26.6 Å². The van der Waals surface area contributed by atoms with Crippen LogP contribution in [0.3, 0.4) is 0 Å². The minimum Gasteiger partial charge on any atom is -0.374 e. The zero-order valence-electron chi connectivity index (χ0n) is 9.32. The first-order valence-corrected chi connectivity index (χ1v) is 5.99. The van der Waals surface area contributed by atoms with Crippen molar-refractivity contribution in [1.82, 2.24) is 5.32 Å². The number of amides is 1. The van der Waals surface area contributed by atoms with Gasteiger partial charge in [0.1, 0.15) is 11.6 Å². The lowest BCUT2D eigenvalue weighted by atomic mass is 10.3. The maximum Gasteiger partial charge on any atom is 0.239 e. The highest BCUT2D eigenvalue weighted by Crippen LogP contribution is 2.23. The van der Waals surface area contributed by atoms with Gasteiger partial charge >= 0.3 is 0 Å². The lowest BCUT2D eigenvalue weighted by Crippen LogP contribution is -2.30. The molecule has 3 nitrogen and oxygen atoms in total. The Hall–Kier alpha value is -1.17. The van der Waals surface area contributed by atoms with Crippen molar-refractivity contribution >= 4 is 27.5 Å². The molecule has 0 bridgehead atoms. The molecular formula is C11H13BrF2N2O. The number of halogens is 3. The number of carbonyl (C=O) groups excluding carboxylic acids is 1. The molecule has 0 aliphatic rings. The molecule has 1 aromatic carbocycles. The molecule has 17 heavy (non-hydrogen) atoms. The van der Waals surface area contributed by atoms with Gasteiger partial charge in [-0.1, -0.05) is 6.92 Å². The Morgan fingerprint density at radius 2 is 2.06 bits per heavy atom. The van der Waals surface area contributed by atoms with Crippen LogP contribution in [0.25, 0.3) is 0 Å². The second-order valence-electron chi connectivity index (χ2n) is 3.45. The Labute approximate surface area is 107 Å². The molecule has 0 aromatic heterocycles. The minimum atomic E-state index is -0.728. The molecule has 0 saturated heterocycles. The summed E-state index contributed by atoms with van der Waals surface area (Å²) in [6, 6.07) is 2.02. The maximum atomic E-state index is 13.3. The lowest BCUT2D eigenvalue weighted by Gasteiger charge is -2.08. The number of rotatable bonds is 5. The molecule has 0 aliphatic heterocycles. The van der Waals surface area contributed by atoms with E-state index in [0.29, 0.717) is 6.54 Å². The molecule has 6 heteroatoms. The third-order valence-corrected chi connectivity index (χ3v) is 2.63. The van der Waals surface area contributed by atoms with Gasteiger partial charge in [-0.05, 0) is 28.4 Å². The molecule has 0 unspecified atom stereocenters. The first-order chi connectivity index (χ1) is 8.04. The molecular weight excluding hydrogens is 294 g/mol. The van der Waals surface area contributed by atoms with Gasteiger partial charge in [-0.2, -0.15) is 0 Å². The lowest BCUT2D eigenvalue weighted by molar-refractivity contribution is -0.119. The molecule has 94 valence electrons. The first kappa shape index (κ1) is 13.9. The van der Waals surface area contributed by atoms with Crippen LogP contribution in [0.2, 0.25) is 0 Å². The van der Waals surface area contributed by atoms with Crippen molar-refractivity contribution in [2.45, 2.75) is 13.3 Å². The van der Waals surface area contributed by atoms with E-state index in [1.165, 1.54) is 6.07 Å². The molecule has 0 aliphatic carbocycles. The van der Waals surface area contributed by atoms with Crippen LogP contribution in [-0.4, -0.2) is 19.0 Å². The van der Waals surface area contributed by atoms with Crippen molar-refractivity contribution in [3.63, 3.8) is 0 Å². The van der Waals surface area contributed by atoms with Gasteiger partial charge in [0, 0.05) is 12.6 Å². The van der Waals surface area contributed by atoms with Crippen molar-refractivity contribution in [1.29, 1.82) is 0 Å². The van der Waals surface area contributed by atoms with E-state index in [-0.39, 0.29) is 22.6 Å².